The average Bonchev–Trinajstić information content (AvgIpc) is 2.46. The van der Waals surface area contributed by atoms with E-state index in [0.29, 0.717) is 0 Å². The maximum Gasteiger partial charge on any atom is 0.0692 e. The van der Waals surface area contributed by atoms with Crippen LogP contribution in [0.5, 0.6) is 0 Å². The Morgan fingerprint density at radius 1 is 1.11 bits per heavy atom. The zero-order valence-electron chi connectivity index (χ0n) is 10.6. The fourth-order valence-electron chi connectivity index (χ4n) is 2.58. The zero-order chi connectivity index (χ0) is 13.2. The van der Waals surface area contributed by atoms with Gasteiger partial charge in [-0.1, -0.05) is 46.3 Å². The van der Waals surface area contributed by atoms with E-state index >= 15 is 0 Å². The minimum Gasteiger partial charge on any atom is -0.392 e. The molecule has 2 nitrogen and oxygen atoms in total. The van der Waals surface area contributed by atoms with Crippen molar-refractivity contribution in [2.24, 2.45) is 0 Å². The zero-order valence-corrected chi connectivity index (χ0v) is 12.2. The summed E-state index contributed by atoms with van der Waals surface area (Å²) in [4.78, 5) is 2.38. The predicted octanol–water partition coefficient (Wildman–Crippen LogP) is 3.50. The first kappa shape index (κ1) is 12.7. The second kappa shape index (κ2) is 5.35. The van der Waals surface area contributed by atoms with Gasteiger partial charge in [-0.3, -0.25) is 0 Å². The molecule has 19 heavy (non-hydrogen) atoms. The van der Waals surface area contributed by atoms with Gasteiger partial charge in [0.05, 0.1) is 6.61 Å². The molecule has 0 atom stereocenters. The van der Waals surface area contributed by atoms with Gasteiger partial charge in [0.25, 0.3) is 0 Å². The van der Waals surface area contributed by atoms with E-state index in [2.05, 4.69) is 57.2 Å². The molecule has 0 saturated carbocycles. The van der Waals surface area contributed by atoms with E-state index in [1.165, 1.54) is 16.8 Å². The number of benzene rings is 2. The fourth-order valence-corrected chi connectivity index (χ4v) is 3.07. The first-order valence-corrected chi connectivity index (χ1v) is 7.28. The molecule has 0 spiro atoms. The summed E-state index contributed by atoms with van der Waals surface area (Å²) in [6, 6.07) is 14.8. The molecule has 1 aliphatic rings. The van der Waals surface area contributed by atoms with Crippen LogP contribution in [0, 0.1) is 0 Å². The van der Waals surface area contributed by atoms with Crippen molar-refractivity contribution in [3.05, 3.63) is 63.6 Å². The van der Waals surface area contributed by atoms with Crippen molar-refractivity contribution in [3.63, 3.8) is 0 Å². The summed E-state index contributed by atoms with van der Waals surface area (Å²) in [6.07, 6.45) is 1.09. The summed E-state index contributed by atoms with van der Waals surface area (Å²) in [7, 11) is 0. The standard InChI is InChI=1S/C16H16BrNO/c17-16-9-15(6-5-14(16)11-19)18-8-7-12-3-1-2-4-13(12)10-18/h1-6,9,19H,7-8,10-11H2. The van der Waals surface area contributed by atoms with Gasteiger partial charge in [0.2, 0.25) is 0 Å². The second-order valence-electron chi connectivity index (χ2n) is 4.87. The van der Waals surface area contributed by atoms with Crippen LogP contribution in [0.1, 0.15) is 16.7 Å². The van der Waals surface area contributed by atoms with Gasteiger partial charge in [-0.05, 0) is 35.2 Å². The highest BCUT2D eigenvalue weighted by molar-refractivity contribution is 9.10. The third kappa shape index (κ3) is 2.53. The van der Waals surface area contributed by atoms with Crippen LogP contribution in [0.3, 0.4) is 0 Å². The molecule has 0 aliphatic carbocycles. The van der Waals surface area contributed by atoms with E-state index in [-0.39, 0.29) is 6.61 Å². The van der Waals surface area contributed by atoms with E-state index in [1.807, 2.05) is 6.07 Å². The number of anilines is 1. The monoisotopic (exact) mass is 317 g/mol. The maximum atomic E-state index is 9.21. The molecule has 0 unspecified atom stereocenters. The molecule has 0 aromatic heterocycles. The van der Waals surface area contributed by atoms with E-state index in [0.717, 1.165) is 29.5 Å². The molecule has 0 amide bonds. The van der Waals surface area contributed by atoms with Crippen molar-refractivity contribution in [1.82, 2.24) is 0 Å². The van der Waals surface area contributed by atoms with E-state index < -0.39 is 0 Å². The fraction of sp³-hybridized carbons (Fsp3) is 0.250. The van der Waals surface area contributed by atoms with Crippen molar-refractivity contribution in [2.75, 3.05) is 11.4 Å². The van der Waals surface area contributed by atoms with Crippen LogP contribution in [0.15, 0.2) is 46.9 Å². The van der Waals surface area contributed by atoms with Crippen molar-refractivity contribution in [2.45, 2.75) is 19.6 Å². The number of fused-ring (bicyclic) bond motifs is 1. The lowest BCUT2D eigenvalue weighted by Crippen LogP contribution is -2.30. The molecular formula is C16H16BrNO. The molecule has 98 valence electrons. The van der Waals surface area contributed by atoms with Gasteiger partial charge in [-0.15, -0.1) is 0 Å². The Bertz CT molecular complexity index is 597. The third-order valence-corrected chi connectivity index (χ3v) is 4.44. The second-order valence-corrected chi connectivity index (χ2v) is 5.73. The Morgan fingerprint density at radius 3 is 2.63 bits per heavy atom. The van der Waals surface area contributed by atoms with Gasteiger partial charge in [0.1, 0.15) is 0 Å². The highest BCUT2D eigenvalue weighted by Crippen LogP contribution is 2.28. The molecule has 1 heterocycles. The summed E-state index contributed by atoms with van der Waals surface area (Å²) in [5.74, 6) is 0. The Labute approximate surface area is 121 Å². The SMILES string of the molecule is OCc1ccc(N2CCc3ccccc3C2)cc1Br. The number of hydrogen-bond acceptors (Lipinski definition) is 2. The van der Waals surface area contributed by atoms with Crippen molar-refractivity contribution < 1.29 is 5.11 Å². The van der Waals surface area contributed by atoms with Gasteiger partial charge in [-0.2, -0.15) is 0 Å². The van der Waals surface area contributed by atoms with Gasteiger partial charge in [-0.25, -0.2) is 0 Å². The summed E-state index contributed by atoms with van der Waals surface area (Å²) in [6.45, 7) is 2.08. The molecular weight excluding hydrogens is 302 g/mol. The predicted molar refractivity (Wildman–Crippen MR) is 81.3 cm³/mol. The molecule has 1 aliphatic heterocycles. The molecule has 2 aromatic rings. The molecule has 3 rings (SSSR count). The lowest BCUT2D eigenvalue weighted by atomic mass is 9.99. The number of halogens is 1. The molecule has 0 saturated heterocycles. The molecule has 0 radical (unpaired) electrons. The highest BCUT2D eigenvalue weighted by atomic mass is 79.9. The number of hydrogen-bond donors (Lipinski definition) is 1. The average molecular weight is 318 g/mol. The number of nitrogens with zero attached hydrogens (tertiary/aromatic N) is 1. The van der Waals surface area contributed by atoms with Crippen molar-refractivity contribution in [3.8, 4) is 0 Å². The van der Waals surface area contributed by atoms with Crippen molar-refractivity contribution >= 4 is 21.6 Å². The Hall–Kier alpha value is -1.32. The van der Waals surface area contributed by atoms with E-state index in [1.54, 1.807) is 0 Å². The molecule has 3 heteroatoms. The van der Waals surface area contributed by atoms with E-state index in [4.69, 9.17) is 0 Å². The summed E-state index contributed by atoms with van der Waals surface area (Å²) in [5, 5.41) is 9.21. The van der Waals surface area contributed by atoms with Crippen LogP contribution in [-0.4, -0.2) is 11.7 Å². The number of aliphatic hydroxyl groups is 1. The Balaban J connectivity index is 1.87. The molecule has 0 fully saturated rings. The first-order valence-electron chi connectivity index (χ1n) is 6.49. The van der Waals surface area contributed by atoms with Crippen LogP contribution in [0.4, 0.5) is 5.69 Å². The number of rotatable bonds is 2. The largest absolute Gasteiger partial charge is 0.392 e. The van der Waals surface area contributed by atoms with Crippen LogP contribution >= 0.6 is 15.9 Å². The molecule has 0 bridgehead atoms. The topological polar surface area (TPSA) is 23.5 Å². The minimum atomic E-state index is 0.0731. The smallest absolute Gasteiger partial charge is 0.0692 e. The first-order chi connectivity index (χ1) is 9.28. The quantitative estimate of drug-likeness (QED) is 0.916. The van der Waals surface area contributed by atoms with Gasteiger partial charge in [0.15, 0.2) is 0 Å². The summed E-state index contributed by atoms with van der Waals surface area (Å²) < 4.78 is 0.978. The Kier molecular flexibility index (Phi) is 3.58. The lowest BCUT2D eigenvalue weighted by molar-refractivity contribution is 0.281. The van der Waals surface area contributed by atoms with Crippen LogP contribution in [-0.2, 0) is 19.6 Å². The van der Waals surface area contributed by atoms with Crippen molar-refractivity contribution in [1.29, 1.82) is 0 Å². The van der Waals surface area contributed by atoms with Gasteiger partial charge >= 0.3 is 0 Å². The lowest BCUT2D eigenvalue weighted by Gasteiger charge is -2.31. The molecule has 1 N–H and O–H groups in total. The molecule has 2 aromatic carbocycles. The number of aliphatic hydroxyl groups excluding tert-OH is 1. The van der Waals surface area contributed by atoms with E-state index in [9.17, 15) is 5.11 Å². The normalized spacial score (nSPS) is 14.3. The minimum absolute atomic E-state index is 0.0731. The van der Waals surface area contributed by atoms with Crippen LogP contribution in [0.2, 0.25) is 0 Å². The van der Waals surface area contributed by atoms with Gasteiger partial charge in [0, 0.05) is 23.2 Å². The Morgan fingerprint density at radius 2 is 1.89 bits per heavy atom. The highest BCUT2D eigenvalue weighted by Gasteiger charge is 2.16. The van der Waals surface area contributed by atoms with Crippen LogP contribution in [0.25, 0.3) is 0 Å². The summed E-state index contributed by atoms with van der Waals surface area (Å²) >= 11 is 3.52. The summed E-state index contributed by atoms with van der Waals surface area (Å²) in [5.41, 5.74) is 5.01. The van der Waals surface area contributed by atoms with Gasteiger partial charge < -0.3 is 10.0 Å². The maximum absolute atomic E-state index is 9.21. The van der Waals surface area contributed by atoms with Crippen LogP contribution < -0.4 is 4.90 Å². The third-order valence-electron chi connectivity index (χ3n) is 3.70.